The van der Waals surface area contributed by atoms with E-state index in [1.165, 1.54) is 40.8 Å². The van der Waals surface area contributed by atoms with Gasteiger partial charge in [0.1, 0.15) is 0 Å². The molecule has 0 saturated heterocycles. The molecule has 0 N–H and O–H groups in total. The van der Waals surface area contributed by atoms with Crippen LogP contribution in [0.2, 0.25) is 0 Å². The van der Waals surface area contributed by atoms with E-state index in [4.69, 9.17) is 0 Å². The molecule has 1 aliphatic carbocycles. The summed E-state index contributed by atoms with van der Waals surface area (Å²) in [7, 11) is 0. The fourth-order valence-corrected chi connectivity index (χ4v) is 3.34. The number of benzene rings is 2. The number of hydrogen-bond acceptors (Lipinski definition) is 1. The Bertz CT molecular complexity index is 618. The van der Waals surface area contributed by atoms with E-state index in [1.807, 2.05) is 0 Å². The summed E-state index contributed by atoms with van der Waals surface area (Å²) in [5.74, 6) is 0. The second-order valence-corrected chi connectivity index (χ2v) is 6.28. The zero-order valence-electron chi connectivity index (χ0n) is 12.1. The predicted molar refractivity (Wildman–Crippen MR) is 90.1 cm³/mol. The minimum atomic E-state index is 1.21. The number of rotatable bonds is 3. The normalized spacial score (nSPS) is 14.9. The molecule has 1 heteroatoms. The standard InChI is InChI=1S/C19H20S/c1-14-6-8-15(9-7-14)18-4-3-5-19(18)16-10-12-17(20-2)13-11-16/h6-13H,3-5H2,1-2H3. The fraction of sp³-hybridized carbons (Fsp3) is 0.263. The molecule has 0 atom stereocenters. The molecule has 0 nitrogen and oxygen atoms in total. The molecule has 1 aliphatic rings. The summed E-state index contributed by atoms with van der Waals surface area (Å²) in [6.07, 6.45) is 5.83. The molecule has 0 aromatic heterocycles. The lowest BCUT2D eigenvalue weighted by Crippen LogP contribution is -1.87. The van der Waals surface area contributed by atoms with Crippen LogP contribution in [0.4, 0.5) is 0 Å². The van der Waals surface area contributed by atoms with E-state index in [0.717, 1.165) is 0 Å². The van der Waals surface area contributed by atoms with Crippen molar-refractivity contribution in [2.45, 2.75) is 31.1 Å². The van der Waals surface area contributed by atoms with Crippen LogP contribution in [-0.2, 0) is 0 Å². The minimum Gasteiger partial charge on any atom is -0.130 e. The fourth-order valence-electron chi connectivity index (χ4n) is 2.93. The van der Waals surface area contributed by atoms with Crippen LogP contribution in [-0.4, -0.2) is 6.26 Å². The lowest BCUT2D eigenvalue weighted by atomic mass is 9.96. The van der Waals surface area contributed by atoms with Crippen LogP contribution in [0, 0.1) is 6.92 Å². The summed E-state index contributed by atoms with van der Waals surface area (Å²) in [6, 6.07) is 18.0. The Balaban J connectivity index is 2.00. The van der Waals surface area contributed by atoms with Gasteiger partial charge in [0.2, 0.25) is 0 Å². The summed E-state index contributed by atoms with van der Waals surface area (Å²) in [5, 5.41) is 0. The van der Waals surface area contributed by atoms with Gasteiger partial charge in [-0.05, 0) is 66.8 Å². The van der Waals surface area contributed by atoms with Crippen molar-refractivity contribution in [3.63, 3.8) is 0 Å². The highest BCUT2D eigenvalue weighted by molar-refractivity contribution is 7.98. The van der Waals surface area contributed by atoms with Gasteiger partial charge < -0.3 is 0 Å². The maximum atomic E-state index is 2.28. The van der Waals surface area contributed by atoms with Gasteiger partial charge in [0.15, 0.2) is 0 Å². The molecule has 0 radical (unpaired) electrons. The summed E-state index contributed by atoms with van der Waals surface area (Å²) < 4.78 is 0. The zero-order chi connectivity index (χ0) is 13.9. The van der Waals surface area contributed by atoms with Crippen molar-refractivity contribution in [2.75, 3.05) is 6.26 Å². The van der Waals surface area contributed by atoms with Crippen molar-refractivity contribution in [3.05, 3.63) is 65.2 Å². The van der Waals surface area contributed by atoms with E-state index in [0.29, 0.717) is 0 Å². The Morgan fingerprint density at radius 1 is 0.750 bits per heavy atom. The molecular weight excluding hydrogens is 260 g/mol. The van der Waals surface area contributed by atoms with Crippen LogP contribution >= 0.6 is 11.8 Å². The maximum Gasteiger partial charge on any atom is 0.00695 e. The molecule has 2 aromatic rings. The summed E-state index contributed by atoms with van der Waals surface area (Å²) in [4.78, 5) is 1.34. The molecule has 0 spiro atoms. The Morgan fingerprint density at radius 3 is 1.75 bits per heavy atom. The van der Waals surface area contributed by atoms with Crippen LogP contribution in [0.3, 0.4) is 0 Å². The highest BCUT2D eigenvalue weighted by atomic mass is 32.2. The summed E-state index contributed by atoms with van der Waals surface area (Å²) in [6.45, 7) is 2.15. The SMILES string of the molecule is CSc1ccc(C2=C(c3ccc(C)cc3)CCC2)cc1. The van der Waals surface area contributed by atoms with Gasteiger partial charge in [-0.1, -0.05) is 42.0 Å². The Kier molecular flexibility index (Phi) is 3.98. The molecule has 20 heavy (non-hydrogen) atoms. The predicted octanol–water partition coefficient (Wildman–Crippen LogP) is 5.81. The van der Waals surface area contributed by atoms with Gasteiger partial charge in [-0.3, -0.25) is 0 Å². The third kappa shape index (κ3) is 2.69. The van der Waals surface area contributed by atoms with Crippen LogP contribution < -0.4 is 0 Å². The second-order valence-electron chi connectivity index (χ2n) is 5.41. The smallest absolute Gasteiger partial charge is 0.00695 e. The van der Waals surface area contributed by atoms with E-state index in [9.17, 15) is 0 Å². The van der Waals surface area contributed by atoms with Gasteiger partial charge in [0, 0.05) is 4.90 Å². The Morgan fingerprint density at radius 2 is 1.25 bits per heavy atom. The average molecular weight is 280 g/mol. The first-order chi connectivity index (χ1) is 9.78. The minimum absolute atomic E-state index is 1.21. The molecule has 0 saturated carbocycles. The number of thioether (sulfide) groups is 1. The third-order valence-electron chi connectivity index (χ3n) is 4.06. The van der Waals surface area contributed by atoms with E-state index in [1.54, 1.807) is 22.9 Å². The van der Waals surface area contributed by atoms with E-state index in [2.05, 4.69) is 61.7 Å². The van der Waals surface area contributed by atoms with E-state index >= 15 is 0 Å². The topological polar surface area (TPSA) is 0 Å². The number of hydrogen-bond donors (Lipinski definition) is 0. The van der Waals surface area contributed by atoms with Crippen LogP contribution in [0.25, 0.3) is 11.1 Å². The number of aryl methyl sites for hydroxylation is 1. The monoisotopic (exact) mass is 280 g/mol. The van der Waals surface area contributed by atoms with Crippen molar-refractivity contribution >= 4 is 22.9 Å². The van der Waals surface area contributed by atoms with Gasteiger partial charge in [0.05, 0.1) is 0 Å². The van der Waals surface area contributed by atoms with Gasteiger partial charge in [0.25, 0.3) is 0 Å². The van der Waals surface area contributed by atoms with Crippen molar-refractivity contribution in [3.8, 4) is 0 Å². The van der Waals surface area contributed by atoms with Crippen molar-refractivity contribution in [1.29, 1.82) is 0 Å². The first-order valence-corrected chi connectivity index (χ1v) is 8.44. The molecular formula is C19H20S. The molecule has 0 aliphatic heterocycles. The molecule has 0 amide bonds. The first-order valence-electron chi connectivity index (χ1n) is 7.21. The summed E-state index contributed by atoms with van der Waals surface area (Å²) >= 11 is 1.80. The summed E-state index contributed by atoms with van der Waals surface area (Å²) in [5.41, 5.74) is 7.22. The molecule has 0 heterocycles. The highest BCUT2D eigenvalue weighted by Crippen LogP contribution is 2.40. The van der Waals surface area contributed by atoms with Gasteiger partial charge >= 0.3 is 0 Å². The van der Waals surface area contributed by atoms with Crippen LogP contribution in [0.1, 0.15) is 36.0 Å². The molecule has 3 rings (SSSR count). The first kappa shape index (κ1) is 13.5. The van der Waals surface area contributed by atoms with Crippen molar-refractivity contribution < 1.29 is 0 Å². The Labute approximate surface area is 125 Å². The molecule has 0 fully saturated rings. The van der Waals surface area contributed by atoms with Crippen LogP contribution in [0.5, 0.6) is 0 Å². The van der Waals surface area contributed by atoms with E-state index in [-0.39, 0.29) is 0 Å². The lowest BCUT2D eigenvalue weighted by Gasteiger charge is -2.09. The third-order valence-corrected chi connectivity index (χ3v) is 4.80. The zero-order valence-corrected chi connectivity index (χ0v) is 13.0. The lowest BCUT2D eigenvalue weighted by molar-refractivity contribution is 0.941. The maximum absolute atomic E-state index is 2.28. The van der Waals surface area contributed by atoms with Crippen molar-refractivity contribution in [2.24, 2.45) is 0 Å². The van der Waals surface area contributed by atoms with Gasteiger partial charge in [-0.2, -0.15) is 0 Å². The average Bonchev–Trinajstić information content (AvgIpc) is 2.97. The van der Waals surface area contributed by atoms with Crippen molar-refractivity contribution in [1.82, 2.24) is 0 Å². The molecule has 2 aromatic carbocycles. The highest BCUT2D eigenvalue weighted by Gasteiger charge is 2.17. The Hall–Kier alpha value is -1.47. The van der Waals surface area contributed by atoms with E-state index < -0.39 is 0 Å². The quantitative estimate of drug-likeness (QED) is 0.639. The molecule has 0 bridgehead atoms. The largest absolute Gasteiger partial charge is 0.130 e. The second kappa shape index (κ2) is 5.88. The molecule has 102 valence electrons. The number of allylic oxidation sites excluding steroid dienone is 2. The van der Waals surface area contributed by atoms with Gasteiger partial charge in [-0.25, -0.2) is 0 Å². The molecule has 0 unspecified atom stereocenters. The van der Waals surface area contributed by atoms with Crippen LogP contribution in [0.15, 0.2) is 53.4 Å². The van der Waals surface area contributed by atoms with Gasteiger partial charge in [-0.15, -0.1) is 11.8 Å².